The fourth-order valence-corrected chi connectivity index (χ4v) is 5.38. The van der Waals surface area contributed by atoms with E-state index in [1.54, 1.807) is 12.1 Å². The second-order valence-corrected chi connectivity index (χ2v) is 8.30. The van der Waals surface area contributed by atoms with Crippen molar-refractivity contribution in [2.24, 2.45) is 0 Å². The van der Waals surface area contributed by atoms with Crippen molar-refractivity contribution in [1.29, 1.82) is 0 Å². The summed E-state index contributed by atoms with van der Waals surface area (Å²) < 4.78 is 0. The van der Waals surface area contributed by atoms with E-state index in [-0.39, 0.29) is 16.0 Å². The molecule has 0 bridgehead atoms. The van der Waals surface area contributed by atoms with E-state index in [4.69, 9.17) is 11.6 Å². The summed E-state index contributed by atoms with van der Waals surface area (Å²) in [5.41, 5.74) is 6.96. The molecule has 0 aromatic heterocycles. The van der Waals surface area contributed by atoms with Gasteiger partial charge >= 0.3 is 0 Å². The van der Waals surface area contributed by atoms with Crippen LogP contribution in [0.3, 0.4) is 0 Å². The van der Waals surface area contributed by atoms with Gasteiger partial charge in [-0.05, 0) is 58.9 Å². The summed E-state index contributed by atoms with van der Waals surface area (Å²) in [6, 6.07) is 20.0. The molecule has 0 unspecified atom stereocenters. The van der Waals surface area contributed by atoms with Gasteiger partial charge in [-0.15, -0.1) is 0 Å². The maximum Gasteiger partial charge on any atom is 0.278 e. The number of halogens is 1. The zero-order valence-electron chi connectivity index (χ0n) is 15.5. The lowest BCUT2D eigenvalue weighted by Crippen LogP contribution is -2.28. The summed E-state index contributed by atoms with van der Waals surface area (Å²) in [6.45, 7) is 0. The smallest absolute Gasteiger partial charge is 0.258 e. The monoisotopic (exact) mass is 389 g/mol. The van der Waals surface area contributed by atoms with Crippen LogP contribution in [0, 0.1) is 10.1 Å². The number of fused-ring (bicyclic) bond motifs is 5. The average Bonchev–Trinajstić information content (AvgIpc) is 2.98. The molecule has 28 heavy (non-hydrogen) atoms. The summed E-state index contributed by atoms with van der Waals surface area (Å²) in [6.07, 6.45) is 6.01. The Labute approximate surface area is 169 Å². The molecule has 1 saturated carbocycles. The SMILES string of the molecule is O=[N+]([O-])c1cc(Cl)ccc1-c1ccc2c(c1)C1(CCCCC1)c1ccccc1-2. The first-order chi connectivity index (χ1) is 13.6. The van der Waals surface area contributed by atoms with E-state index in [1.807, 2.05) is 6.07 Å². The second-order valence-electron chi connectivity index (χ2n) is 7.87. The second kappa shape index (κ2) is 6.46. The van der Waals surface area contributed by atoms with E-state index >= 15 is 0 Å². The minimum atomic E-state index is -0.348. The van der Waals surface area contributed by atoms with E-state index in [2.05, 4.69) is 36.4 Å². The quantitative estimate of drug-likeness (QED) is 0.345. The molecule has 3 aromatic rings. The van der Waals surface area contributed by atoms with Crippen molar-refractivity contribution in [3.05, 3.63) is 86.9 Å². The standard InChI is InChI=1S/C24H20ClNO2/c25-17-9-11-18(23(15-17)26(27)28)16-8-10-20-19-6-2-3-7-21(19)24(22(20)14-16)12-4-1-5-13-24/h2-3,6-11,14-15H,1,4-5,12-13H2. The molecule has 2 aliphatic carbocycles. The third kappa shape index (κ3) is 2.50. The van der Waals surface area contributed by atoms with Gasteiger partial charge < -0.3 is 0 Å². The van der Waals surface area contributed by atoms with Gasteiger partial charge in [-0.3, -0.25) is 10.1 Å². The highest BCUT2D eigenvalue weighted by Gasteiger charge is 2.43. The fraction of sp³-hybridized carbons (Fsp3) is 0.250. The molecule has 0 saturated heterocycles. The largest absolute Gasteiger partial charge is 0.278 e. The van der Waals surface area contributed by atoms with Crippen LogP contribution >= 0.6 is 11.6 Å². The predicted molar refractivity (Wildman–Crippen MR) is 113 cm³/mol. The van der Waals surface area contributed by atoms with Crippen LogP contribution in [0.4, 0.5) is 5.69 Å². The minimum absolute atomic E-state index is 0.0430. The van der Waals surface area contributed by atoms with E-state index < -0.39 is 0 Å². The van der Waals surface area contributed by atoms with E-state index in [0.717, 1.165) is 18.4 Å². The fourth-order valence-electron chi connectivity index (χ4n) is 5.22. The molecule has 0 amide bonds. The summed E-state index contributed by atoms with van der Waals surface area (Å²) in [5.74, 6) is 0. The summed E-state index contributed by atoms with van der Waals surface area (Å²) >= 11 is 6.02. The maximum atomic E-state index is 11.6. The normalized spacial score (nSPS) is 16.6. The Kier molecular flexibility index (Phi) is 4.02. The first-order valence-corrected chi connectivity index (χ1v) is 10.2. The van der Waals surface area contributed by atoms with Gasteiger partial charge in [-0.2, -0.15) is 0 Å². The lowest BCUT2D eigenvalue weighted by Gasteiger charge is -2.36. The Hall–Kier alpha value is -2.65. The topological polar surface area (TPSA) is 43.1 Å². The molecule has 3 aromatic carbocycles. The molecular formula is C24H20ClNO2. The van der Waals surface area contributed by atoms with Crippen LogP contribution in [-0.2, 0) is 5.41 Å². The summed E-state index contributed by atoms with van der Waals surface area (Å²) in [4.78, 5) is 11.3. The third-order valence-corrected chi connectivity index (χ3v) is 6.68. The Morgan fingerprint density at radius 1 is 0.821 bits per heavy atom. The van der Waals surface area contributed by atoms with Crippen molar-refractivity contribution < 1.29 is 4.92 Å². The van der Waals surface area contributed by atoms with Crippen LogP contribution in [0.2, 0.25) is 5.02 Å². The van der Waals surface area contributed by atoms with Crippen LogP contribution in [0.25, 0.3) is 22.3 Å². The Morgan fingerprint density at radius 3 is 2.32 bits per heavy atom. The summed E-state index contributed by atoms with van der Waals surface area (Å²) in [5, 5.41) is 12.0. The van der Waals surface area contributed by atoms with Crippen LogP contribution in [0.15, 0.2) is 60.7 Å². The lowest BCUT2D eigenvalue weighted by molar-refractivity contribution is -0.384. The molecule has 3 nitrogen and oxygen atoms in total. The van der Waals surface area contributed by atoms with Gasteiger partial charge in [-0.25, -0.2) is 0 Å². The van der Waals surface area contributed by atoms with Crippen molar-refractivity contribution in [3.63, 3.8) is 0 Å². The highest BCUT2D eigenvalue weighted by atomic mass is 35.5. The first kappa shape index (κ1) is 17.4. The van der Waals surface area contributed by atoms with Crippen LogP contribution in [-0.4, -0.2) is 4.92 Å². The van der Waals surface area contributed by atoms with Gasteiger partial charge in [0.05, 0.1) is 10.5 Å². The summed E-state index contributed by atoms with van der Waals surface area (Å²) in [7, 11) is 0. The van der Waals surface area contributed by atoms with E-state index in [9.17, 15) is 10.1 Å². The number of benzene rings is 3. The lowest BCUT2D eigenvalue weighted by atomic mass is 9.67. The van der Waals surface area contributed by atoms with Crippen LogP contribution in [0.1, 0.15) is 43.2 Å². The number of hydrogen-bond acceptors (Lipinski definition) is 2. The maximum absolute atomic E-state index is 11.6. The van der Waals surface area contributed by atoms with Crippen molar-refractivity contribution >= 4 is 17.3 Å². The highest BCUT2D eigenvalue weighted by Crippen LogP contribution is 2.56. The molecule has 0 N–H and O–H groups in total. The van der Waals surface area contributed by atoms with E-state index in [0.29, 0.717) is 10.6 Å². The van der Waals surface area contributed by atoms with Gasteiger partial charge in [0.15, 0.2) is 0 Å². The van der Waals surface area contributed by atoms with Crippen molar-refractivity contribution in [2.75, 3.05) is 0 Å². The first-order valence-electron chi connectivity index (χ1n) is 9.79. The van der Waals surface area contributed by atoms with Crippen LogP contribution in [0.5, 0.6) is 0 Å². The molecule has 0 radical (unpaired) electrons. The molecule has 0 atom stereocenters. The minimum Gasteiger partial charge on any atom is -0.258 e. The number of nitro groups is 1. The van der Waals surface area contributed by atoms with Crippen molar-refractivity contribution in [3.8, 4) is 22.3 Å². The molecular weight excluding hydrogens is 370 g/mol. The molecule has 2 aliphatic rings. The molecule has 5 rings (SSSR count). The van der Waals surface area contributed by atoms with E-state index in [1.165, 1.54) is 47.6 Å². The highest BCUT2D eigenvalue weighted by molar-refractivity contribution is 6.31. The average molecular weight is 390 g/mol. The number of hydrogen-bond donors (Lipinski definition) is 0. The molecule has 140 valence electrons. The Balaban J connectivity index is 1.73. The molecule has 0 aliphatic heterocycles. The van der Waals surface area contributed by atoms with Crippen LogP contribution < -0.4 is 0 Å². The van der Waals surface area contributed by atoms with Gasteiger partial charge in [-0.1, -0.05) is 67.3 Å². The Bertz CT molecular complexity index is 1100. The number of rotatable bonds is 2. The number of nitrogens with zero attached hydrogens (tertiary/aromatic N) is 1. The zero-order chi connectivity index (χ0) is 19.3. The van der Waals surface area contributed by atoms with Gasteiger partial charge in [0.1, 0.15) is 0 Å². The Morgan fingerprint density at radius 2 is 1.54 bits per heavy atom. The molecule has 0 heterocycles. The number of nitro benzene ring substituents is 1. The van der Waals surface area contributed by atoms with Gasteiger partial charge in [0.2, 0.25) is 0 Å². The zero-order valence-corrected chi connectivity index (χ0v) is 16.2. The molecule has 1 spiro atoms. The van der Waals surface area contributed by atoms with Gasteiger partial charge in [0, 0.05) is 16.5 Å². The molecule has 1 fully saturated rings. The predicted octanol–water partition coefficient (Wildman–Crippen LogP) is 7.15. The molecule has 4 heteroatoms. The third-order valence-electron chi connectivity index (χ3n) is 6.44. The van der Waals surface area contributed by atoms with Crippen molar-refractivity contribution in [2.45, 2.75) is 37.5 Å². The van der Waals surface area contributed by atoms with Gasteiger partial charge in [0.25, 0.3) is 5.69 Å². The van der Waals surface area contributed by atoms with Crippen molar-refractivity contribution in [1.82, 2.24) is 0 Å².